The van der Waals surface area contributed by atoms with Crippen LogP contribution in [0.5, 0.6) is 5.75 Å². The highest BCUT2D eigenvalue weighted by Gasteiger charge is 2.07. The van der Waals surface area contributed by atoms with Gasteiger partial charge in [-0.05, 0) is 61.7 Å². The van der Waals surface area contributed by atoms with Gasteiger partial charge in [0.1, 0.15) is 5.75 Å². The molecule has 1 amide bonds. The smallest absolute Gasteiger partial charge is 0.226 e. The van der Waals surface area contributed by atoms with Gasteiger partial charge in [0.2, 0.25) is 5.91 Å². The molecule has 2 N–H and O–H groups in total. The average molecular weight is 312 g/mol. The van der Waals surface area contributed by atoms with Crippen LogP contribution in [0.15, 0.2) is 36.4 Å². The van der Waals surface area contributed by atoms with Crippen LogP contribution in [0.2, 0.25) is 0 Å². The van der Waals surface area contributed by atoms with Gasteiger partial charge in [-0.25, -0.2) is 0 Å². The number of methoxy groups -OCH3 is 1. The molecule has 0 saturated carbocycles. The van der Waals surface area contributed by atoms with Crippen LogP contribution in [0.25, 0.3) is 0 Å². The molecule has 0 bridgehead atoms. The Kier molecular flexibility index (Phi) is 5.63. The van der Waals surface area contributed by atoms with E-state index in [1.54, 1.807) is 7.11 Å². The van der Waals surface area contributed by atoms with E-state index in [2.05, 4.69) is 36.6 Å². The Balaban J connectivity index is 1.88. The lowest BCUT2D eigenvalue weighted by Gasteiger charge is -2.12. The zero-order valence-corrected chi connectivity index (χ0v) is 14.2. The van der Waals surface area contributed by atoms with Crippen molar-refractivity contribution in [2.75, 3.05) is 24.3 Å². The summed E-state index contributed by atoms with van der Waals surface area (Å²) in [5.74, 6) is 0.635. The van der Waals surface area contributed by atoms with Gasteiger partial charge in [0.25, 0.3) is 0 Å². The average Bonchev–Trinajstić information content (AvgIpc) is 2.51. The number of ether oxygens (including phenoxy) is 1. The molecule has 2 aromatic carbocycles. The molecule has 0 aliphatic rings. The molecule has 23 heavy (non-hydrogen) atoms. The second-order valence-corrected chi connectivity index (χ2v) is 5.73. The van der Waals surface area contributed by atoms with Gasteiger partial charge < -0.3 is 15.4 Å². The van der Waals surface area contributed by atoms with Gasteiger partial charge in [-0.1, -0.05) is 12.1 Å². The third-order valence-electron chi connectivity index (χ3n) is 3.82. The molecular weight excluding hydrogens is 288 g/mol. The van der Waals surface area contributed by atoms with Crippen LogP contribution in [0.4, 0.5) is 11.4 Å². The van der Waals surface area contributed by atoms with E-state index in [0.29, 0.717) is 24.4 Å². The zero-order valence-electron chi connectivity index (χ0n) is 14.2. The van der Waals surface area contributed by atoms with Crippen molar-refractivity contribution in [3.63, 3.8) is 0 Å². The quantitative estimate of drug-likeness (QED) is 0.845. The summed E-state index contributed by atoms with van der Waals surface area (Å²) in [6.45, 7) is 6.73. The fourth-order valence-corrected chi connectivity index (χ4v) is 2.30. The molecule has 0 saturated heterocycles. The third-order valence-corrected chi connectivity index (χ3v) is 3.82. The second-order valence-electron chi connectivity index (χ2n) is 5.73. The first kappa shape index (κ1) is 16.9. The molecule has 0 spiro atoms. The first-order chi connectivity index (χ1) is 11.0. The van der Waals surface area contributed by atoms with Gasteiger partial charge in [0.05, 0.1) is 12.8 Å². The van der Waals surface area contributed by atoms with Crippen molar-refractivity contribution in [2.45, 2.75) is 27.2 Å². The number of anilines is 2. The SMILES string of the molecule is COc1ccc(C)cc1NC(=O)CCNc1ccc(C)c(C)c1. The van der Waals surface area contributed by atoms with Gasteiger partial charge in [0.15, 0.2) is 0 Å². The lowest BCUT2D eigenvalue weighted by Crippen LogP contribution is -2.16. The molecule has 0 heterocycles. The van der Waals surface area contributed by atoms with Gasteiger partial charge in [-0.2, -0.15) is 0 Å². The Labute approximate surface area is 137 Å². The van der Waals surface area contributed by atoms with E-state index < -0.39 is 0 Å². The van der Waals surface area contributed by atoms with Crippen molar-refractivity contribution in [1.82, 2.24) is 0 Å². The summed E-state index contributed by atoms with van der Waals surface area (Å²) in [6, 6.07) is 11.9. The molecule has 122 valence electrons. The minimum atomic E-state index is -0.0368. The lowest BCUT2D eigenvalue weighted by atomic mass is 10.1. The van der Waals surface area contributed by atoms with E-state index in [-0.39, 0.29) is 5.91 Å². The van der Waals surface area contributed by atoms with Crippen LogP contribution in [0.1, 0.15) is 23.1 Å². The van der Waals surface area contributed by atoms with Crippen LogP contribution in [0, 0.1) is 20.8 Å². The summed E-state index contributed by atoms with van der Waals surface area (Å²) in [5, 5.41) is 6.18. The Bertz CT molecular complexity index is 696. The molecule has 0 aliphatic carbocycles. The van der Waals surface area contributed by atoms with Gasteiger partial charge >= 0.3 is 0 Å². The maximum Gasteiger partial charge on any atom is 0.226 e. The number of rotatable bonds is 6. The Hall–Kier alpha value is -2.49. The first-order valence-electron chi connectivity index (χ1n) is 7.75. The molecule has 0 atom stereocenters. The maximum atomic E-state index is 12.1. The molecule has 0 unspecified atom stereocenters. The monoisotopic (exact) mass is 312 g/mol. The van der Waals surface area contributed by atoms with Crippen molar-refractivity contribution in [3.8, 4) is 5.75 Å². The van der Waals surface area contributed by atoms with Gasteiger partial charge in [0, 0.05) is 18.7 Å². The third kappa shape index (κ3) is 4.74. The molecule has 0 aliphatic heterocycles. The first-order valence-corrected chi connectivity index (χ1v) is 7.75. The van der Waals surface area contributed by atoms with Crippen molar-refractivity contribution in [3.05, 3.63) is 53.1 Å². The highest BCUT2D eigenvalue weighted by molar-refractivity contribution is 5.92. The minimum absolute atomic E-state index is 0.0368. The summed E-state index contributed by atoms with van der Waals surface area (Å²) in [4.78, 5) is 12.1. The standard InChI is InChI=1S/C19H24N2O2/c1-13-5-8-18(23-4)17(11-13)21-19(22)9-10-20-16-7-6-14(2)15(3)12-16/h5-8,11-12,20H,9-10H2,1-4H3,(H,21,22). The minimum Gasteiger partial charge on any atom is -0.495 e. The predicted octanol–water partition coefficient (Wildman–Crippen LogP) is 4.06. The number of aryl methyl sites for hydroxylation is 3. The van der Waals surface area contributed by atoms with Crippen molar-refractivity contribution >= 4 is 17.3 Å². The van der Waals surface area contributed by atoms with Crippen LogP contribution in [0.3, 0.4) is 0 Å². The molecule has 0 radical (unpaired) electrons. The van der Waals surface area contributed by atoms with E-state index in [4.69, 9.17) is 4.74 Å². The molecule has 0 fully saturated rings. The molecule has 0 aromatic heterocycles. The van der Waals surface area contributed by atoms with E-state index in [1.807, 2.05) is 31.2 Å². The van der Waals surface area contributed by atoms with Gasteiger partial charge in [-0.3, -0.25) is 4.79 Å². The maximum absolute atomic E-state index is 12.1. The number of nitrogens with one attached hydrogen (secondary N) is 2. The van der Waals surface area contributed by atoms with E-state index in [9.17, 15) is 4.79 Å². The van der Waals surface area contributed by atoms with E-state index in [0.717, 1.165) is 11.3 Å². The van der Waals surface area contributed by atoms with E-state index in [1.165, 1.54) is 11.1 Å². The number of carbonyl (C=O) groups is 1. The summed E-state index contributed by atoms with van der Waals surface area (Å²) in [6.07, 6.45) is 0.393. The number of carbonyl (C=O) groups excluding carboxylic acids is 1. The molecular formula is C19H24N2O2. The van der Waals surface area contributed by atoms with Crippen LogP contribution in [-0.4, -0.2) is 19.6 Å². The van der Waals surface area contributed by atoms with E-state index >= 15 is 0 Å². The molecule has 4 nitrogen and oxygen atoms in total. The lowest BCUT2D eigenvalue weighted by molar-refractivity contribution is -0.115. The van der Waals surface area contributed by atoms with Gasteiger partial charge in [-0.15, -0.1) is 0 Å². The summed E-state index contributed by atoms with van der Waals surface area (Å²) in [5.41, 5.74) is 5.33. The highest BCUT2D eigenvalue weighted by Crippen LogP contribution is 2.25. The predicted molar refractivity (Wildman–Crippen MR) is 95.4 cm³/mol. The van der Waals surface area contributed by atoms with Crippen LogP contribution >= 0.6 is 0 Å². The topological polar surface area (TPSA) is 50.4 Å². The number of amides is 1. The van der Waals surface area contributed by atoms with Crippen molar-refractivity contribution in [1.29, 1.82) is 0 Å². The fraction of sp³-hybridized carbons (Fsp3) is 0.316. The largest absolute Gasteiger partial charge is 0.495 e. The summed E-state index contributed by atoms with van der Waals surface area (Å²) in [7, 11) is 1.60. The van der Waals surface area contributed by atoms with Crippen LogP contribution in [-0.2, 0) is 4.79 Å². The summed E-state index contributed by atoms with van der Waals surface area (Å²) < 4.78 is 5.27. The van der Waals surface area contributed by atoms with Crippen molar-refractivity contribution in [2.24, 2.45) is 0 Å². The second kappa shape index (κ2) is 7.68. The number of hydrogen-bond donors (Lipinski definition) is 2. The number of hydrogen-bond acceptors (Lipinski definition) is 3. The zero-order chi connectivity index (χ0) is 16.8. The Morgan fingerprint density at radius 3 is 2.52 bits per heavy atom. The Morgan fingerprint density at radius 2 is 1.83 bits per heavy atom. The van der Waals surface area contributed by atoms with Crippen LogP contribution < -0.4 is 15.4 Å². The fourth-order valence-electron chi connectivity index (χ4n) is 2.30. The molecule has 2 aromatic rings. The number of benzene rings is 2. The summed E-state index contributed by atoms with van der Waals surface area (Å²) >= 11 is 0. The van der Waals surface area contributed by atoms with Crippen molar-refractivity contribution < 1.29 is 9.53 Å². The highest BCUT2D eigenvalue weighted by atomic mass is 16.5. The molecule has 2 rings (SSSR count). The Morgan fingerprint density at radius 1 is 1.04 bits per heavy atom. The normalized spacial score (nSPS) is 10.3. The molecule has 4 heteroatoms.